The SMILES string of the molecule is NCCc1c(N)nn(-c2ccccc2Cl)c1N. The summed E-state index contributed by atoms with van der Waals surface area (Å²) in [7, 11) is 0. The largest absolute Gasteiger partial charge is 0.383 e. The lowest BCUT2D eigenvalue weighted by molar-refractivity contribution is 0.895. The Morgan fingerprint density at radius 2 is 1.94 bits per heavy atom. The fraction of sp³-hybridized carbons (Fsp3) is 0.182. The second-order valence-corrected chi connectivity index (χ2v) is 4.06. The van der Waals surface area contributed by atoms with Gasteiger partial charge in [0.25, 0.3) is 0 Å². The first-order valence-electron chi connectivity index (χ1n) is 5.23. The highest BCUT2D eigenvalue weighted by Crippen LogP contribution is 2.27. The third-order valence-electron chi connectivity index (χ3n) is 2.53. The minimum absolute atomic E-state index is 0.396. The highest BCUT2D eigenvalue weighted by Gasteiger charge is 2.15. The van der Waals surface area contributed by atoms with Gasteiger partial charge in [0.2, 0.25) is 0 Å². The lowest BCUT2D eigenvalue weighted by Crippen LogP contribution is -2.07. The van der Waals surface area contributed by atoms with Crippen molar-refractivity contribution < 1.29 is 0 Å². The van der Waals surface area contributed by atoms with Crippen LogP contribution in [0.4, 0.5) is 11.6 Å². The molecule has 1 aromatic carbocycles. The van der Waals surface area contributed by atoms with E-state index in [0.29, 0.717) is 35.3 Å². The van der Waals surface area contributed by atoms with Gasteiger partial charge in [-0.3, -0.25) is 0 Å². The van der Waals surface area contributed by atoms with Crippen LogP contribution in [0, 0.1) is 0 Å². The average Bonchev–Trinajstić information content (AvgIpc) is 2.58. The molecule has 1 aromatic heterocycles. The lowest BCUT2D eigenvalue weighted by atomic mass is 10.2. The van der Waals surface area contributed by atoms with Crippen LogP contribution in [0.3, 0.4) is 0 Å². The number of halogens is 1. The van der Waals surface area contributed by atoms with Crippen LogP contribution in [-0.4, -0.2) is 16.3 Å². The molecule has 0 amide bonds. The van der Waals surface area contributed by atoms with Crippen molar-refractivity contribution in [2.24, 2.45) is 5.73 Å². The van der Waals surface area contributed by atoms with Crippen LogP contribution in [-0.2, 0) is 6.42 Å². The maximum Gasteiger partial charge on any atom is 0.151 e. The van der Waals surface area contributed by atoms with Gasteiger partial charge < -0.3 is 17.2 Å². The fourth-order valence-corrected chi connectivity index (χ4v) is 1.90. The summed E-state index contributed by atoms with van der Waals surface area (Å²) in [5.41, 5.74) is 18.8. The summed E-state index contributed by atoms with van der Waals surface area (Å²) in [6.45, 7) is 0.475. The molecule has 6 heteroatoms. The van der Waals surface area contributed by atoms with Crippen molar-refractivity contribution in [2.45, 2.75) is 6.42 Å². The van der Waals surface area contributed by atoms with Crippen molar-refractivity contribution in [1.29, 1.82) is 0 Å². The van der Waals surface area contributed by atoms with Gasteiger partial charge in [-0.25, -0.2) is 4.68 Å². The van der Waals surface area contributed by atoms with E-state index in [9.17, 15) is 0 Å². The van der Waals surface area contributed by atoms with Gasteiger partial charge in [-0.15, -0.1) is 5.10 Å². The maximum absolute atomic E-state index is 6.09. The summed E-state index contributed by atoms with van der Waals surface area (Å²) in [6.07, 6.45) is 0.599. The molecule has 2 rings (SSSR count). The predicted molar refractivity (Wildman–Crippen MR) is 70.2 cm³/mol. The number of benzene rings is 1. The zero-order chi connectivity index (χ0) is 12.4. The summed E-state index contributed by atoms with van der Waals surface area (Å²) in [6, 6.07) is 7.31. The molecule has 0 fully saturated rings. The zero-order valence-electron chi connectivity index (χ0n) is 9.23. The standard InChI is InChI=1S/C11H14ClN5/c12-8-3-1-2-4-9(8)17-11(15)7(5-6-13)10(14)16-17/h1-4H,5-6,13,15H2,(H2,14,16). The summed E-state index contributed by atoms with van der Waals surface area (Å²) in [5.74, 6) is 0.883. The van der Waals surface area contributed by atoms with Crippen LogP contribution in [0.25, 0.3) is 5.69 Å². The molecule has 0 bridgehead atoms. The average molecular weight is 252 g/mol. The highest BCUT2D eigenvalue weighted by atomic mass is 35.5. The van der Waals surface area contributed by atoms with Crippen LogP contribution < -0.4 is 17.2 Å². The van der Waals surface area contributed by atoms with E-state index in [1.165, 1.54) is 0 Å². The molecule has 6 N–H and O–H groups in total. The van der Waals surface area contributed by atoms with Crippen LogP contribution in [0.1, 0.15) is 5.56 Å². The molecule has 17 heavy (non-hydrogen) atoms. The van der Waals surface area contributed by atoms with Crippen LogP contribution in [0.2, 0.25) is 5.02 Å². The monoisotopic (exact) mass is 251 g/mol. The molecule has 0 unspecified atom stereocenters. The van der Waals surface area contributed by atoms with Gasteiger partial charge in [0.1, 0.15) is 5.82 Å². The van der Waals surface area contributed by atoms with Gasteiger partial charge in [0.15, 0.2) is 5.82 Å². The predicted octanol–water partition coefficient (Wildman–Crippen LogP) is 1.19. The summed E-state index contributed by atoms with van der Waals surface area (Å²) < 4.78 is 1.54. The van der Waals surface area contributed by atoms with Gasteiger partial charge in [-0.1, -0.05) is 23.7 Å². The number of nitrogen functional groups attached to an aromatic ring is 2. The number of hydrogen-bond donors (Lipinski definition) is 3. The Hall–Kier alpha value is -1.72. The van der Waals surface area contributed by atoms with Crippen molar-refractivity contribution >= 4 is 23.2 Å². The van der Waals surface area contributed by atoms with E-state index in [1.54, 1.807) is 10.7 Å². The smallest absolute Gasteiger partial charge is 0.151 e. The Bertz CT molecular complexity index is 535. The molecule has 0 atom stereocenters. The molecule has 0 aliphatic rings. The number of anilines is 2. The number of aromatic nitrogens is 2. The molecule has 5 nitrogen and oxygen atoms in total. The minimum atomic E-state index is 0.396. The second kappa shape index (κ2) is 4.65. The quantitative estimate of drug-likeness (QED) is 0.764. The third kappa shape index (κ3) is 2.07. The minimum Gasteiger partial charge on any atom is -0.383 e. The molecule has 1 heterocycles. The Balaban J connectivity index is 2.54. The van der Waals surface area contributed by atoms with E-state index in [1.807, 2.05) is 18.2 Å². The van der Waals surface area contributed by atoms with Crippen LogP contribution in [0.5, 0.6) is 0 Å². The second-order valence-electron chi connectivity index (χ2n) is 3.65. The zero-order valence-corrected chi connectivity index (χ0v) is 9.98. The van der Waals surface area contributed by atoms with Crippen molar-refractivity contribution in [3.05, 3.63) is 34.9 Å². The van der Waals surface area contributed by atoms with E-state index >= 15 is 0 Å². The van der Waals surface area contributed by atoms with Crippen molar-refractivity contribution in [1.82, 2.24) is 9.78 Å². The number of nitrogens with zero attached hydrogens (tertiary/aromatic N) is 2. The fourth-order valence-electron chi connectivity index (χ4n) is 1.69. The number of nitrogens with two attached hydrogens (primary N) is 3. The Labute approximate surface area is 104 Å². The Kier molecular flexibility index (Phi) is 3.21. The molecular formula is C11H14ClN5. The molecular weight excluding hydrogens is 238 g/mol. The van der Waals surface area contributed by atoms with Crippen molar-refractivity contribution in [2.75, 3.05) is 18.0 Å². The molecule has 0 saturated heterocycles. The van der Waals surface area contributed by atoms with Gasteiger partial charge >= 0.3 is 0 Å². The summed E-state index contributed by atoms with van der Waals surface area (Å²) in [5, 5.41) is 4.76. The van der Waals surface area contributed by atoms with E-state index in [4.69, 9.17) is 28.8 Å². The molecule has 0 radical (unpaired) electrons. The molecule has 0 aliphatic carbocycles. The first-order chi connectivity index (χ1) is 8.15. The molecule has 0 saturated carbocycles. The third-order valence-corrected chi connectivity index (χ3v) is 2.85. The molecule has 2 aromatic rings. The first kappa shape index (κ1) is 11.8. The topological polar surface area (TPSA) is 95.9 Å². The van der Waals surface area contributed by atoms with Crippen LogP contribution >= 0.6 is 11.6 Å². The maximum atomic E-state index is 6.09. The van der Waals surface area contributed by atoms with Crippen molar-refractivity contribution in [3.63, 3.8) is 0 Å². The highest BCUT2D eigenvalue weighted by molar-refractivity contribution is 6.32. The normalized spacial score (nSPS) is 10.7. The van der Waals surface area contributed by atoms with E-state index in [-0.39, 0.29) is 0 Å². The van der Waals surface area contributed by atoms with E-state index < -0.39 is 0 Å². The van der Waals surface area contributed by atoms with Crippen molar-refractivity contribution in [3.8, 4) is 5.69 Å². The Morgan fingerprint density at radius 3 is 2.59 bits per heavy atom. The number of hydrogen-bond acceptors (Lipinski definition) is 4. The molecule has 0 spiro atoms. The number of para-hydroxylation sites is 1. The molecule has 0 aliphatic heterocycles. The van der Waals surface area contributed by atoms with E-state index in [0.717, 1.165) is 5.56 Å². The van der Waals surface area contributed by atoms with Gasteiger partial charge in [-0.2, -0.15) is 0 Å². The first-order valence-corrected chi connectivity index (χ1v) is 5.60. The summed E-state index contributed by atoms with van der Waals surface area (Å²) >= 11 is 6.09. The van der Waals surface area contributed by atoms with Crippen LogP contribution in [0.15, 0.2) is 24.3 Å². The number of rotatable bonds is 3. The molecule has 90 valence electrons. The Morgan fingerprint density at radius 1 is 1.24 bits per heavy atom. The lowest BCUT2D eigenvalue weighted by Gasteiger charge is -2.06. The van der Waals surface area contributed by atoms with Gasteiger partial charge in [0, 0.05) is 5.56 Å². The van der Waals surface area contributed by atoms with Gasteiger partial charge in [0.05, 0.1) is 10.7 Å². The summed E-state index contributed by atoms with van der Waals surface area (Å²) in [4.78, 5) is 0. The van der Waals surface area contributed by atoms with Gasteiger partial charge in [-0.05, 0) is 25.1 Å². The van der Waals surface area contributed by atoms with E-state index in [2.05, 4.69) is 5.10 Å².